The zero-order valence-electron chi connectivity index (χ0n) is 21.5. The van der Waals surface area contributed by atoms with Gasteiger partial charge in [0.05, 0.1) is 25.8 Å². The van der Waals surface area contributed by atoms with Gasteiger partial charge in [0.1, 0.15) is 29.1 Å². The number of ketones is 1. The lowest BCUT2D eigenvalue weighted by Crippen LogP contribution is -2.38. The van der Waals surface area contributed by atoms with E-state index in [9.17, 15) is 14.7 Å². The Labute approximate surface area is 212 Å². The van der Waals surface area contributed by atoms with Gasteiger partial charge in [0, 0.05) is 36.7 Å². The molecule has 2 atom stereocenters. The maximum absolute atomic E-state index is 13.4. The fourth-order valence-corrected chi connectivity index (χ4v) is 4.99. The number of amides is 1. The standard InChI is InChI=1S/C28H34N2O6/c1-6-29(7-2)12-13-30-25(21-10-9-20(34-4)16-23(21)35-5)24(27(32)28(30)33)26(31)18-8-11-22-19(15-18)14-17(3)36-22/h8-11,15-17,25,31H,6-7,12-14H2,1-5H3/b26-24+. The third kappa shape index (κ3) is 4.65. The van der Waals surface area contributed by atoms with E-state index in [1.54, 1.807) is 37.4 Å². The second kappa shape index (κ2) is 10.6. The highest BCUT2D eigenvalue weighted by atomic mass is 16.5. The Morgan fingerprint density at radius 2 is 1.86 bits per heavy atom. The molecule has 2 unspecified atom stereocenters. The van der Waals surface area contributed by atoms with E-state index >= 15 is 0 Å². The molecule has 1 fully saturated rings. The molecule has 2 aromatic carbocycles. The van der Waals surface area contributed by atoms with Crippen LogP contribution in [0.4, 0.5) is 0 Å². The quantitative estimate of drug-likeness (QED) is 0.322. The Bertz CT molecular complexity index is 1190. The molecule has 2 aliphatic rings. The van der Waals surface area contributed by atoms with Crippen molar-refractivity contribution in [1.82, 2.24) is 9.80 Å². The van der Waals surface area contributed by atoms with Crippen LogP contribution in [0, 0.1) is 0 Å². The van der Waals surface area contributed by atoms with Gasteiger partial charge in [-0.2, -0.15) is 0 Å². The van der Waals surface area contributed by atoms with E-state index < -0.39 is 17.7 Å². The van der Waals surface area contributed by atoms with Gasteiger partial charge >= 0.3 is 0 Å². The van der Waals surface area contributed by atoms with Crippen molar-refractivity contribution in [2.75, 3.05) is 40.4 Å². The van der Waals surface area contributed by atoms with Crippen molar-refractivity contribution in [3.8, 4) is 17.2 Å². The second-order valence-electron chi connectivity index (χ2n) is 9.08. The van der Waals surface area contributed by atoms with Gasteiger partial charge in [0.15, 0.2) is 0 Å². The fraction of sp³-hybridized carbons (Fsp3) is 0.429. The average Bonchev–Trinajstić information content (AvgIpc) is 3.39. The summed E-state index contributed by atoms with van der Waals surface area (Å²) in [5.41, 5.74) is 2.10. The first-order valence-electron chi connectivity index (χ1n) is 12.3. The minimum absolute atomic E-state index is 0.0478. The number of Topliss-reactive ketones (excluding diaryl/α,β-unsaturated/α-hetero) is 1. The largest absolute Gasteiger partial charge is 0.507 e. The number of ether oxygens (including phenoxy) is 3. The van der Waals surface area contributed by atoms with Crippen LogP contribution in [0.1, 0.15) is 43.5 Å². The minimum atomic E-state index is -0.801. The molecule has 1 saturated heterocycles. The minimum Gasteiger partial charge on any atom is -0.507 e. The number of likely N-dealkylation sites (N-methyl/N-ethyl adjacent to an activating group) is 1. The number of aliphatic hydroxyl groups is 1. The van der Waals surface area contributed by atoms with E-state index in [0.717, 1.165) is 24.4 Å². The van der Waals surface area contributed by atoms with Crippen LogP contribution >= 0.6 is 0 Å². The highest BCUT2D eigenvalue weighted by Crippen LogP contribution is 2.44. The average molecular weight is 495 g/mol. The van der Waals surface area contributed by atoms with Crippen molar-refractivity contribution in [2.24, 2.45) is 0 Å². The summed E-state index contributed by atoms with van der Waals surface area (Å²) in [5.74, 6) is 0.278. The van der Waals surface area contributed by atoms with Gasteiger partial charge in [-0.25, -0.2) is 0 Å². The van der Waals surface area contributed by atoms with Crippen molar-refractivity contribution < 1.29 is 28.9 Å². The third-order valence-corrected chi connectivity index (χ3v) is 7.00. The van der Waals surface area contributed by atoms with Gasteiger partial charge in [0.25, 0.3) is 11.7 Å². The second-order valence-corrected chi connectivity index (χ2v) is 9.08. The number of carbonyl (C=O) groups excluding carboxylic acids is 2. The predicted octanol–water partition coefficient (Wildman–Crippen LogP) is 3.79. The van der Waals surface area contributed by atoms with Gasteiger partial charge in [-0.1, -0.05) is 13.8 Å². The molecule has 0 aromatic heterocycles. The van der Waals surface area contributed by atoms with Crippen LogP contribution in [-0.2, 0) is 16.0 Å². The molecule has 8 nitrogen and oxygen atoms in total. The number of fused-ring (bicyclic) bond motifs is 1. The molecule has 1 amide bonds. The SMILES string of the molecule is CCN(CC)CCN1C(=O)C(=O)/C(=C(/O)c2ccc3c(c2)CC(C)O3)C1c1ccc(OC)cc1OC. The first-order valence-corrected chi connectivity index (χ1v) is 12.3. The Kier molecular flexibility index (Phi) is 7.54. The monoisotopic (exact) mass is 494 g/mol. The van der Waals surface area contributed by atoms with Crippen molar-refractivity contribution in [2.45, 2.75) is 39.3 Å². The molecule has 0 spiro atoms. The molecule has 192 valence electrons. The number of aliphatic hydroxyl groups excluding tert-OH is 1. The first kappa shape index (κ1) is 25.6. The molecule has 8 heteroatoms. The Morgan fingerprint density at radius 1 is 1.11 bits per heavy atom. The maximum Gasteiger partial charge on any atom is 0.295 e. The number of hydrogen-bond acceptors (Lipinski definition) is 7. The highest BCUT2D eigenvalue weighted by molar-refractivity contribution is 6.46. The van der Waals surface area contributed by atoms with Gasteiger partial charge < -0.3 is 29.1 Å². The smallest absolute Gasteiger partial charge is 0.295 e. The lowest BCUT2D eigenvalue weighted by Gasteiger charge is -2.29. The molecule has 2 heterocycles. The van der Waals surface area contributed by atoms with E-state index in [2.05, 4.69) is 18.7 Å². The summed E-state index contributed by atoms with van der Waals surface area (Å²) in [6.07, 6.45) is 0.760. The molecular formula is C28H34N2O6. The van der Waals surface area contributed by atoms with Crippen LogP contribution in [-0.4, -0.2) is 73.1 Å². The molecule has 0 radical (unpaired) electrons. The zero-order valence-corrected chi connectivity index (χ0v) is 21.5. The highest BCUT2D eigenvalue weighted by Gasteiger charge is 2.47. The van der Waals surface area contributed by atoms with Gasteiger partial charge in [-0.05, 0) is 55.9 Å². The van der Waals surface area contributed by atoms with Crippen LogP contribution in [0.5, 0.6) is 17.2 Å². The van der Waals surface area contributed by atoms with E-state index in [0.29, 0.717) is 42.1 Å². The summed E-state index contributed by atoms with van der Waals surface area (Å²) in [6, 6.07) is 9.81. The van der Waals surface area contributed by atoms with E-state index in [1.165, 1.54) is 12.0 Å². The van der Waals surface area contributed by atoms with Gasteiger partial charge in [0.2, 0.25) is 0 Å². The van der Waals surface area contributed by atoms with Crippen molar-refractivity contribution in [1.29, 1.82) is 0 Å². The van der Waals surface area contributed by atoms with E-state index in [-0.39, 0.29) is 17.4 Å². The molecule has 0 aliphatic carbocycles. The van der Waals surface area contributed by atoms with E-state index in [4.69, 9.17) is 14.2 Å². The molecule has 0 bridgehead atoms. The topological polar surface area (TPSA) is 88.5 Å². The van der Waals surface area contributed by atoms with Crippen LogP contribution in [0.2, 0.25) is 0 Å². The Hall–Kier alpha value is -3.52. The Morgan fingerprint density at radius 3 is 2.53 bits per heavy atom. The number of hydrogen-bond donors (Lipinski definition) is 1. The van der Waals surface area contributed by atoms with Crippen LogP contribution in [0.25, 0.3) is 5.76 Å². The fourth-order valence-electron chi connectivity index (χ4n) is 4.99. The number of methoxy groups -OCH3 is 2. The summed E-state index contributed by atoms with van der Waals surface area (Å²) in [6.45, 7) is 8.68. The van der Waals surface area contributed by atoms with Crippen LogP contribution in [0.3, 0.4) is 0 Å². The normalized spacial score (nSPS) is 20.6. The lowest BCUT2D eigenvalue weighted by atomic mass is 9.93. The van der Waals surface area contributed by atoms with Crippen LogP contribution in [0.15, 0.2) is 42.0 Å². The Balaban J connectivity index is 1.84. The maximum atomic E-state index is 13.4. The molecule has 2 aliphatic heterocycles. The lowest BCUT2D eigenvalue weighted by molar-refractivity contribution is -0.140. The van der Waals surface area contributed by atoms with Gasteiger partial charge in [-0.3, -0.25) is 9.59 Å². The van der Waals surface area contributed by atoms with Crippen LogP contribution < -0.4 is 14.2 Å². The van der Waals surface area contributed by atoms with Crippen molar-refractivity contribution in [3.05, 3.63) is 58.7 Å². The number of likely N-dealkylation sites (tertiary alicyclic amines) is 1. The number of carbonyl (C=O) groups is 2. The number of rotatable bonds is 9. The van der Waals surface area contributed by atoms with Crippen molar-refractivity contribution in [3.63, 3.8) is 0 Å². The summed E-state index contributed by atoms with van der Waals surface area (Å²) in [5, 5.41) is 11.5. The molecule has 1 N–H and O–H groups in total. The number of nitrogens with zero attached hydrogens (tertiary/aromatic N) is 2. The third-order valence-electron chi connectivity index (χ3n) is 7.00. The summed E-state index contributed by atoms with van der Waals surface area (Å²) in [7, 11) is 3.09. The summed E-state index contributed by atoms with van der Waals surface area (Å²) >= 11 is 0. The molecule has 2 aromatic rings. The summed E-state index contributed by atoms with van der Waals surface area (Å²) < 4.78 is 16.8. The molecule has 36 heavy (non-hydrogen) atoms. The molecule has 4 rings (SSSR count). The number of benzene rings is 2. The summed E-state index contributed by atoms with van der Waals surface area (Å²) in [4.78, 5) is 30.4. The first-order chi connectivity index (χ1) is 17.3. The molecule has 0 saturated carbocycles. The van der Waals surface area contributed by atoms with Gasteiger partial charge in [-0.15, -0.1) is 0 Å². The predicted molar refractivity (Wildman–Crippen MR) is 137 cm³/mol. The zero-order chi connectivity index (χ0) is 26.0. The van der Waals surface area contributed by atoms with Crippen molar-refractivity contribution >= 4 is 17.4 Å². The molecular weight excluding hydrogens is 460 g/mol. The van der Waals surface area contributed by atoms with E-state index in [1.807, 2.05) is 13.0 Å².